The number of halogens is 1. The number of anilines is 3. The molecule has 7 rings (SSSR count). The molecule has 12 nitrogen and oxygen atoms in total. The van der Waals surface area contributed by atoms with Gasteiger partial charge in [-0.15, -0.1) is 21.5 Å². The monoisotopic (exact) mass is 818 g/mol. The van der Waals surface area contributed by atoms with Crippen LogP contribution in [0.2, 0.25) is 25.7 Å². The number of para-hydroxylation sites is 1. The number of rotatable bonds is 14. The van der Waals surface area contributed by atoms with Gasteiger partial charge in [0, 0.05) is 75.2 Å². The maximum absolute atomic E-state index is 15.0. The van der Waals surface area contributed by atoms with Crippen molar-refractivity contribution < 1.29 is 23.4 Å². The summed E-state index contributed by atoms with van der Waals surface area (Å²) in [6.07, 6.45) is 2.78. The van der Waals surface area contributed by atoms with Gasteiger partial charge in [0.25, 0.3) is 0 Å². The van der Waals surface area contributed by atoms with E-state index in [4.69, 9.17) is 29.3 Å². The van der Waals surface area contributed by atoms with E-state index in [9.17, 15) is 4.79 Å². The number of likely N-dealkylation sites (N-methyl/N-ethyl adjacent to an activating group) is 1. The molecule has 298 valence electrons. The molecule has 0 spiro atoms. The number of methoxy groups -OCH3 is 1. The van der Waals surface area contributed by atoms with E-state index in [-0.39, 0.29) is 23.9 Å². The first-order valence-electron chi connectivity index (χ1n) is 19.3. The van der Waals surface area contributed by atoms with Gasteiger partial charge in [0.1, 0.15) is 6.73 Å². The molecule has 2 aliphatic heterocycles. The molecule has 5 aromatic rings. The summed E-state index contributed by atoms with van der Waals surface area (Å²) in [5, 5.41) is 10.0. The molecule has 2 aromatic carbocycles. The Bertz CT molecular complexity index is 2250. The number of carbonyl (C=O) groups is 1. The van der Waals surface area contributed by atoms with Crippen LogP contribution in [0.15, 0.2) is 47.5 Å². The number of thiazole rings is 2. The molecule has 0 aliphatic carbocycles. The maximum atomic E-state index is 15.0. The van der Waals surface area contributed by atoms with Gasteiger partial charge in [-0.1, -0.05) is 43.1 Å². The minimum Gasteiger partial charge on any atom is -0.491 e. The summed E-state index contributed by atoms with van der Waals surface area (Å²) < 4.78 is 35.5. The van der Waals surface area contributed by atoms with Crippen molar-refractivity contribution in [2.24, 2.45) is 4.99 Å². The van der Waals surface area contributed by atoms with Crippen molar-refractivity contribution in [1.29, 1.82) is 0 Å². The smallest absolute Gasteiger partial charge is 0.357 e. The molecule has 0 atom stereocenters. The van der Waals surface area contributed by atoms with Crippen molar-refractivity contribution >= 4 is 69.4 Å². The van der Waals surface area contributed by atoms with Crippen molar-refractivity contribution in [3.05, 3.63) is 74.8 Å². The Hall–Kier alpha value is -4.22. The van der Waals surface area contributed by atoms with Crippen molar-refractivity contribution in [2.75, 3.05) is 69.9 Å². The van der Waals surface area contributed by atoms with E-state index in [2.05, 4.69) is 58.3 Å². The number of carbonyl (C=O) groups excluding carboxylic acids is 1. The standard InChI is InChI=1S/C40H51FN8O4S2Si/c1-27-29-11-9-17-48(37(29)45-44-36(27)43-40-49(26-52-23-24-56(4,5)6)31-12-7-8-13-33(31)54-40)39-42-35(38(50)51-3)34(55-39)14-10-22-53-32-16-15-28(25-30(32)41)47-20-18-46(2)19-21-47/h7-8,12-13,15-16,25H,9-11,14,17-24,26H2,1-6H3/b43-40-. The molecule has 0 saturated carbocycles. The molecule has 0 radical (unpaired) electrons. The molecule has 1 saturated heterocycles. The van der Waals surface area contributed by atoms with Gasteiger partial charge in [-0.05, 0) is 70.0 Å². The Morgan fingerprint density at radius 1 is 1.02 bits per heavy atom. The third kappa shape index (κ3) is 9.15. The van der Waals surface area contributed by atoms with Crippen LogP contribution in [-0.2, 0) is 29.0 Å². The Morgan fingerprint density at radius 2 is 1.82 bits per heavy atom. The fraction of sp³-hybridized carbons (Fsp3) is 0.475. The second-order valence-electron chi connectivity index (χ2n) is 15.6. The van der Waals surface area contributed by atoms with Gasteiger partial charge >= 0.3 is 5.97 Å². The van der Waals surface area contributed by atoms with Gasteiger partial charge in [-0.3, -0.25) is 4.57 Å². The highest BCUT2D eigenvalue weighted by molar-refractivity contribution is 7.16. The van der Waals surface area contributed by atoms with Crippen LogP contribution in [0, 0.1) is 12.7 Å². The van der Waals surface area contributed by atoms with Crippen LogP contribution in [0.3, 0.4) is 0 Å². The molecule has 5 heterocycles. The number of nitrogens with zero attached hydrogens (tertiary/aromatic N) is 8. The molecule has 0 bridgehead atoms. The molecule has 0 N–H and O–H groups in total. The molecular weight excluding hydrogens is 768 g/mol. The van der Waals surface area contributed by atoms with Crippen LogP contribution in [-0.4, -0.2) is 98.8 Å². The summed E-state index contributed by atoms with van der Waals surface area (Å²) in [4.78, 5) is 30.9. The molecule has 2 aliphatic rings. The second kappa shape index (κ2) is 17.5. The third-order valence-corrected chi connectivity index (χ3v) is 14.2. The van der Waals surface area contributed by atoms with E-state index in [1.807, 2.05) is 30.0 Å². The zero-order chi connectivity index (χ0) is 39.4. The lowest BCUT2D eigenvalue weighted by atomic mass is 10.0. The molecule has 56 heavy (non-hydrogen) atoms. The molecule has 3 aromatic heterocycles. The summed E-state index contributed by atoms with van der Waals surface area (Å²) in [7, 11) is 2.24. The largest absolute Gasteiger partial charge is 0.491 e. The van der Waals surface area contributed by atoms with Gasteiger partial charge in [-0.2, -0.15) is 4.99 Å². The molecule has 16 heteroatoms. The number of hydrogen-bond acceptors (Lipinski definition) is 13. The SMILES string of the molecule is COC(=O)c1nc(N2CCCc3c2nnc(/N=c2\sc4ccccc4n2COCC[Si](C)(C)C)c3C)sc1CCCOc1ccc(N2CCN(C)CC2)cc1F. The van der Waals surface area contributed by atoms with E-state index >= 15 is 4.39 Å². The van der Waals surface area contributed by atoms with E-state index in [0.29, 0.717) is 37.1 Å². The fourth-order valence-electron chi connectivity index (χ4n) is 6.88. The summed E-state index contributed by atoms with van der Waals surface area (Å²) in [5.41, 5.74) is 4.25. The first-order valence-corrected chi connectivity index (χ1v) is 24.6. The average molecular weight is 819 g/mol. The van der Waals surface area contributed by atoms with E-state index in [0.717, 1.165) is 94.2 Å². The summed E-state index contributed by atoms with van der Waals surface area (Å²) in [5.74, 6) is 0.649. The van der Waals surface area contributed by atoms with E-state index in [1.165, 1.54) is 18.4 Å². The zero-order valence-electron chi connectivity index (χ0n) is 33.1. The van der Waals surface area contributed by atoms with Crippen molar-refractivity contribution in [1.82, 2.24) is 24.6 Å². The number of aryl methyl sites for hydroxylation is 1. The van der Waals surface area contributed by atoms with Crippen molar-refractivity contribution in [2.45, 2.75) is 65.0 Å². The van der Waals surface area contributed by atoms with Crippen molar-refractivity contribution in [3.8, 4) is 5.75 Å². The number of piperazine rings is 1. The predicted octanol–water partition coefficient (Wildman–Crippen LogP) is 7.58. The summed E-state index contributed by atoms with van der Waals surface area (Å²) in [6.45, 7) is 14.8. The quantitative estimate of drug-likeness (QED) is 0.0632. The van der Waals surface area contributed by atoms with Crippen LogP contribution in [0.5, 0.6) is 5.75 Å². The molecule has 0 unspecified atom stereocenters. The Labute approximate surface area is 336 Å². The van der Waals surface area contributed by atoms with E-state index in [1.54, 1.807) is 23.5 Å². The normalized spacial score (nSPS) is 15.4. The van der Waals surface area contributed by atoms with Gasteiger partial charge in [0.2, 0.25) is 0 Å². The van der Waals surface area contributed by atoms with Crippen LogP contribution in [0.25, 0.3) is 10.2 Å². The predicted molar refractivity (Wildman–Crippen MR) is 225 cm³/mol. The lowest BCUT2D eigenvalue weighted by Crippen LogP contribution is -2.44. The first kappa shape index (κ1) is 40.0. The van der Waals surface area contributed by atoms with Gasteiger partial charge in [0.15, 0.2) is 38.8 Å². The lowest BCUT2D eigenvalue weighted by molar-refractivity contribution is 0.0593. The fourth-order valence-corrected chi connectivity index (χ4v) is 9.77. The number of aromatic nitrogens is 4. The second-order valence-corrected chi connectivity index (χ2v) is 23.3. The molecular formula is C40H51FN8O4S2Si. The van der Waals surface area contributed by atoms with Crippen LogP contribution in [0.1, 0.15) is 39.3 Å². The molecule has 1 fully saturated rings. The highest BCUT2D eigenvalue weighted by Crippen LogP contribution is 2.39. The number of hydrogen-bond donors (Lipinski definition) is 0. The van der Waals surface area contributed by atoms with Gasteiger partial charge in [-0.25, -0.2) is 14.2 Å². The van der Waals surface area contributed by atoms with Crippen LogP contribution >= 0.6 is 22.7 Å². The summed E-state index contributed by atoms with van der Waals surface area (Å²) in [6, 6.07) is 14.5. The highest BCUT2D eigenvalue weighted by atomic mass is 32.1. The first-order chi connectivity index (χ1) is 27.0. The minimum atomic E-state index is -1.22. The van der Waals surface area contributed by atoms with Gasteiger partial charge < -0.3 is 28.9 Å². The number of benzene rings is 2. The van der Waals surface area contributed by atoms with Crippen LogP contribution < -0.4 is 19.3 Å². The Kier molecular flexibility index (Phi) is 12.5. The van der Waals surface area contributed by atoms with E-state index < -0.39 is 14.0 Å². The summed E-state index contributed by atoms with van der Waals surface area (Å²) >= 11 is 3.05. The minimum absolute atomic E-state index is 0.221. The van der Waals surface area contributed by atoms with Crippen molar-refractivity contribution in [3.63, 3.8) is 0 Å². The third-order valence-electron chi connectivity index (χ3n) is 10.3. The molecule has 0 amide bonds. The number of fused-ring (bicyclic) bond motifs is 2. The Balaban J connectivity index is 1.07. The average Bonchev–Trinajstić information content (AvgIpc) is 3.77. The van der Waals surface area contributed by atoms with Crippen LogP contribution in [0.4, 0.5) is 26.8 Å². The maximum Gasteiger partial charge on any atom is 0.357 e. The zero-order valence-corrected chi connectivity index (χ0v) is 35.8. The number of esters is 1. The highest BCUT2D eigenvalue weighted by Gasteiger charge is 2.29. The topological polar surface area (TPSA) is 110 Å². The van der Waals surface area contributed by atoms with Gasteiger partial charge in [0.05, 0.1) is 23.9 Å². The lowest BCUT2D eigenvalue weighted by Gasteiger charge is -2.34. The Morgan fingerprint density at radius 3 is 2.59 bits per heavy atom. The number of ether oxygens (including phenoxy) is 3.